The summed E-state index contributed by atoms with van der Waals surface area (Å²) in [5.74, 6) is 0. The quantitative estimate of drug-likeness (QED) is 0.750. The summed E-state index contributed by atoms with van der Waals surface area (Å²) in [6.45, 7) is 4.46. The maximum absolute atomic E-state index is 5.83. The van der Waals surface area contributed by atoms with E-state index in [0.717, 1.165) is 26.1 Å². The number of likely N-dealkylation sites (tertiary alicyclic amines) is 1. The molecule has 0 aromatic carbocycles. The average molecular weight is 194 g/mol. The second-order valence-electron chi connectivity index (χ2n) is 4.00. The molecule has 1 atom stereocenters. The number of aromatic nitrogens is 2. The van der Waals surface area contributed by atoms with Crippen LogP contribution in [0.4, 0.5) is 0 Å². The predicted octanol–water partition coefficient (Wildman–Crippen LogP) is 0.306. The number of rotatable bonds is 4. The van der Waals surface area contributed by atoms with Gasteiger partial charge in [0.15, 0.2) is 0 Å². The van der Waals surface area contributed by atoms with Gasteiger partial charge in [-0.2, -0.15) is 0 Å². The normalized spacial score (nSPS) is 23.1. The maximum atomic E-state index is 5.83. The minimum atomic E-state index is 0.406. The van der Waals surface area contributed by atoms with Crippen molar-refractivity contribution in [1.82, 2.24) is 14.5 Å². The molecule has 2 N–H and O–H groups in total. The van der Waals surface area contributed by atoms with Gasteiger partial charge in [-0.1, -0.05) is 0 Å². The first-order chi connectivity index (χ1) is 6.84. The Balaban J connectivity index is 1.64. The van der Waals surface area contributed by atoms with Gasteiger partial charge < -0.3 is 15.2 Å². The zero-order chi connectivity index (χ0) is 9.80. The Bertz CT molecular complexity index is 257. The van der Waals surface area contributed by atoms with Gasteiger partial charge in [0.05, 0.1) is 6.33 Å². The van der Waals surface area contributed by atoms with Crippen LogP contribution < -0.4 is 5.73 Å². The molecule has 14 heavy (non-hydrogen) atoms. The van der Waals surface area contributed by atoms with Gasteiger partial charge in [0.25, 0.3) is 0 Å². The van der Waals surface area contributed by atoms with Crippen LogP contribution in [0.2, 0.25) is 0 Å². The molecule has 0 aliphatic carbocycles. The molecular formula is C10H18N4. The molecule has 4 nitrogen and oxygen atoms in total. The molecule has 2 rings (SSSR count). The highest BCUT2D eigenvalue weighted by atomic mass is 15.2. The lowest BCUT2D eigenvalue weighted by atomic mass is 10.3. The van der Waals surface area contributed by atoms with E-state index < -0.39 is 0 Å². The average Bonchev–Trinajstić information content (AvgIpc) is 2.77. The highest BCUT2D eigenvalue weighted by Gasteiger charge is 2.17. The van der Waals surface area contributed by atoms with Crippen molar-refractivity contribution in [2.75, 3.05) is 19.6 Å². The van der Waals surface area contributed by atoms with Gasteiger partial charge in [-0.15, -0.1) is 0 Å². The fraction of sp³-hybridized carbons (Fsp3) is 0.700. The molecule has 2 heterocycles. The van der Waals surface area contributed by atoms with Crippen molar-refractivity contribution in [3.63, 3.8) is 0 Å². The Hall–Kier alpha value is -0.870. The van der Waals surface area contributed by atoms with Gasteiger partial charge in [0.1, 0.15) is 0 Å². The smallest absolute Gasteiger partial charge is 0.0945 e. The highest BCUT2D eigenvalue weighted by Crippen LogP contribution is 2.07. The molecule has 1 fully saturated rings. The molecule has 4 heteroatoms. The van der Waals surface area contributed by atoms with Crippen molar-refractivity contribution in [1.29, 1.82) is 0 Å². The third-order valence-corrected chi connectivity index (χ3v) is 2.76. The monoisotopic (exact) mass is 194 g/mol. The molecule has 1 aliphatic heterocycles. The fourth-order valence-electron chi connectivity index (χ4n) is 1.96. The highest BCUT2D eigenvalue weighted by molar-refractivity contribution is 4.78. The lowest BCUT2D eigenvalue weighted by molar-refractivity contribution is 0.321. The van der Waals surface area contributed by atoms with Crippen LogP contribution >= 0.6 is 0 Å². The van der Waals surface area contributed by atoms with Crippen molar-refractivity contribution >= 4 is 0 Å². The first-order valence-corrected chi connectivity index (χ1v) is 5.28. The summed E-state index contributed by atoms with van der Waals surface area (Å²) in [7, 11) is 0. The Morgan fingerprint density at radius 2 is 2.36 bits per heavy atom. The molecule has 0 radical (unpaired) electrons. The molecule has 1 aromatic rings. The minimum Gasteiger partial charge on any atom is -0.337 e. The van der Waals surface area contributed by atoms with Crippen molar-refractivity contribution < 1.29 is 0 Å². The van der Waals surface area contributed by atoms with Crippen LogP contribution in [0, 0.1) is 0 Å². The number of aryl methyl sites for hydroxylation is 1. The Morgan fingerprint density at radius 1 is 1.43 bits per heavy atom. The van der Waals surface area contributed by atoms with Crippen LogP contribution in [0.1, 0.15) is 12.8 Å². The fourth-order valence-corrected chi connectivity index (χ4v) is 1.96. The van der Waals surface area contributed by atoms with E-state index in [2.05, 4.69) is 14.5 Å². The number of hydrogen-bond donors (Lipinski definition) is 1. The Labute approximate surface area is 84.7 Å². The van der Waals surface area contributed by atoms with Gasteiger partial charge in [-0.25, -0.2) is 4.98 Å². The molecule has 0 bridgehead atoms. The van der Waals surface area contributed by atoms with Crippen molar-refractivity contribution in [2.24, 2.45) is 5.73 Å². The first-order valence-electron chi connectivity index (χ1n) is 5.28. The number of hydrogen-bond acceptors (Lipinski definition) is 3. The van der Waals surface area contributed by atoms with E-state index in [1.807, 2.05) is 18.7 Å². The summed E-state index contributed by atoms with van der Waals surface area (Å²) >= 11 is 0. The van der Waals surface area contributed by atoms with E-state index in [9.17, 15) is 0 Å². The van der Waals surface area contributed by atoms with E-state index in [4.69, 9.17) is 5.73 Å². The molecule has 0 spiro atoms. The van der Waals surface area contributed by atoms with Gasteiger partial charge in [-0.05, 0) is 25.9 Å². The summed E-state index contributed by atoms with van der Waals surface area (Å²) in [4.78, 5) is 6.46. The molecular weight excluding hydrogens is 176 g/mol. The van der Waals surface area contributed by atoms with Crippen molar-refractivity contribution in [3.8, 4) is 0 Å². The summed E-state index contributed by atoms with van der Waals surface area (Å²) in [6, 6.07) is 0.406. The van der Waals surface area contributed by atoms with Crippen LogP contribution in [-0.4, -0.2) is 40.1 Å². The molecule has 1 aliphatic rings. The third kappa shape index (κ3) is 2.56. The van der Waals surface area contributed by atoms with Crippen molar-refractivity contribution in [2.45, 2.75) is 25.4 Å². The van der Waals surface area contributed by atoms with Gasteiger partial charge in [0, 0.05) is 31.5 Å². The number of nitrogens with zero attached hydrogens (tertiary/aromatic N) is 3. The second kappa shape index (κ2) is 4.57. The van der Waals surface area contributed by atoms with Crippen LogP contribution in [0.5, 0.6) is 0 Å². The van der Waals surface area contributed by atoms with Crippen LogP contribution in [0.3, 0.4) is 0 Å². The molecule has 0 saturated carbocycles. The lowest BCUT2D eigenvalue weighted by Gasteiger charge is -2.14. The van der Waals surface area contributed by atoms with E-state index in [0.29, 0.717) is 6.04 Å². The van der Waals surface area contributed by atoms with Crippen molar-refractivity contribution in [3.05, 3.63) is 18.7 Å². The molecule has 78 valence electrons. The summed E-state index contributed by atoms with van der Waals surface area (Å²) in [6.07, 6.45) is 8.05. The summed E-state index contributed by atoms with van der Waals surface area (Å²) in [5, 5.41) is 0. The van der Waals surface area contributed by atoms with E-state index in [1.54, 1.807) is 0 Å². The summed E-state index contributed by atoms with van der Waals surface area (Å²) in [5.41, 5.74) is 5.83. The van der Waals surface area contributed by atoms with Crippen LogP contribution in [0.15, 0.2) is 18.7 Å². The minimum absolute atomic E-state index is 0.406. The molecule has 1 aromatic heterocycles. The SMILES string of the molecule is NC1CCN(CCCn2ccnc2)C1. The second-order valence-corrected chi connectivity index (χ2v) is 4.00. The summed E-state index contributed by atoms with van der Waals surface area (Å²) < 4.78 is 2.12. The zero-order valence-corrected chi connectivity index (χ0v) is 8.47. The topological polar surface area (TPSA) is 47.1 Å². The van der Waals surface area contributed by atoms with Gasteiger partial charge in [0.2, 0.25) is 0 Å². The van der Waals surface area contributed by atoms with Crippen LogP contribution in [-0.2, 0) is 6.54 Å². The van der Waals surface area contributed by atoms with E-state index >= 15 is 0 Å². The van der Waals surface area contributed by atoms with E-state index in [-0.39, 0.29) is 0 Å². The number of nitrogens with two attached hydrogens (primary N) is 1. The van der Waals surface area contributed by atoms with Gasteiger partial charge >= 0.3 is 0 Å². The van der Waals surface area contributed by atoms with Crippen LogP contribution in [0.25, 0.3) is 0 Å². The molecule has 1 saturated heterocycles. The maximum Gasteiger partial charge on any atom is 0.0945 e. The van der Waals surface area contributed by atoms with Gasteiger partial charge in [-0.3, -0.25) is 0 Å². The van der Waals surface area contributed by atoms with E-state index in [1.165, 1.54) is 13.0 Å². The standard InChI is InChI=1S/C10H18N4/c11-10-2-6-13(8-10)4-1-5-14-7-3-12-9-14/h3,7,9-10H,1-2,4-6,8,11H2. The first kappa shape index (κ1) is 9.68. The Kier molecular flexibility index (Phi) is 3.16. The molecule has 1 unspecified atom stereocenters. The zero-order valence-electron chi connectivity index (χ0n) is 8.47. The predicted molar refractivity (Wildman–Crippen MR) is 55.9 cm³/mol. The molecule has 0 amide bonds. The Morgan fingerprint density at radius 3 is 3.00 bits per heavy atom. The number of imidazole rings is 1. The lowest BCUT2D eigenvalue weighted by Crippen LogP contribution is -2.27. The third-order valence-electron chi connectivity index (χ3n) is 2.76. The largest absolute Gasteiger partial charge is 0.337 e.